The molecule has 2 heteroatoms. The Bertz CT molecular complexity index is 371. The molecule has 1 fully saturated rings. The van der Waals surface area contributed by atoms with Crippen LogP contribution in [0.25, 0.3) is 0 Å². The van der Waals surface area contributed by atoms with E-state index in [4.69, 9.17) is 0 Å². The molecule has 0 aromatic carbocycles. The summed E-state index contributed by atoms with van der Waals surface area (Å²) in [5.74, 6) is 0. The molecule has 0 spiro atoms. The van der Waals surface area contributed by atoms with Crippen LogP contribution >= 0.6 is 0 Å². The van der Waals surface area contributed by atoms with Crippen LogP contribution in [-0.2, 0) is 6.54 Å². The normalized spacial score (nSPS) is 23.6. The van der Waals surface area contributed by atoms with Gasteiger partial charge in [0.2, 0.25) is 0 Å². The number of aromatic nitrogens is 1. The maximum absolute atomic E-state index is 4.13. The zero-order valence-corrected chi connectivity index (χ0v) is 11.3. The van der Waals surface area contributed by atoms with E-state index >= 15 is 0 Å². The van der Waals surface area contributed by atoms with Crippen molar-refractivity contribution < 1.29 is 0 Å². The van der Waals surface area contributed by atoms with Crippen LogP contribution in [0, 0.1) is 12.3 Å². The van der Waals surface area contributed by atoms with Crippen LogP contribution in [0.5, 0.6) is 0 Å². The molecular formula is C15H24N2. The van der Waals surface area contributed by atoms with Gasteiger partial charge in [-0.3, -0.25) is 4.98 Å². The minimum atomic E-state index is 0.517. The standard InChI is InChI=1S/C15H24N2/c1-12-10-16-8-6-13(12)11-17-14-5-4-7-15(2,3)9-14/h6,8,10,14,17H,4-5,7,9,11H2,1-3H3. The first-order valence-corrected chi connectivity index (χ1v) is 6.70. The molecule has 0 amide bonds. The van der Waals surface area contributed by atoms with E-state index in [2.05, 4.69) is 37.1 Å². The first-order valence-electron chi connectivity index (χ1n) is 6.70. The van der Waals surface area contributed by atoms with Gasteiger partial charge in [0.15, 0.2) is 0 Å². The number of nitrogens with one attached hydrogen (secondary N) is 1. The summed E-state index contributed by atoms with van der Waals surface area (Å²) in [5, 5.41) is 3.71. The minimum absolute atomic E-state index is 0.517. The molecule has 0 radical (unpaired) electrons. The second-order valence-corrected chi connectivity index (χ2v) is 6.14. The van der Waals surface area contributed by atoms with Gasteiger partial charge < -0.3 is 5.32 Å². The van der Waals surface area contributed by atoms with Gasteiger partial charge >= 0.3 is 0 Å². The van der Waals surface area contributed by atoms with Crippen molar-refractivity contribution in [1.29, 1.82) is 0 Å². The second-order valence-electron chi connectivity index (χ2n) is 6.14. The quantitative estimate of drug-likeness (QED) is 0.863. The monoisotopic (exact) mass is 232 g/mol. The third-order valence-electron chi connectivity index (χ3n) is 3.92. The van der Waals surface area contributed by atoms with E-state index in [9.17, 15) is 0 Å². The highest BCUT2D eigenvalue weighted by Gasteiger charge is 2.27. The van der Waals surface area contributed by atoms with Gasteiger partial charge in [0.05, 0.1) is 0 Å². The lowest BCUT2D eigenvalue weighted by Crippen LogP contribution is -2.37. The van der Waals surface area contributed by atoms with Crippen molar-refractivity contribution in [2.75, 3.05) is 0 Å². The zero-order chi connectivity index (χ0) is 12.3. The molecule has 1 aliphatic carbocycles. The molecule has 17 heavy (non-hydrogen) atoms. The fraction of sp³-hybridized carbons (Fsp3) is 0.667. The molecule has 1 unspecified atom stereocenters. The van der Waals surface area contributed by atoms with Gasteiger partial charge in [-0.25, -0.2) is 0 Å². The average molecular weight is 232 g/mol. The minimum Gasteiger partial charge on any atom is -0.310 e. The Morgan fingerprint density at radius 3 is 3.00 bits per heavy atom. The molecule has 1 aromatic heterocycles. The molecule has 1 saturated carbocycles. The molecular weight excluding hydrogens is 208 g/mol. The molecule has 1 N–H and O–H groups in total. The Kier molecular flexibility index (Phi) is 3.82. The highest BCUT2D eigenvalue weighted by Crippen LogP contribution is 2.35. The Morgan fingerprint density at radius 2 is 2.29 bits per heavy atom. The van der Waals surface area contributed by atoms with E-state index in [1.165, 1.54) is 36.8 Å². The smallest absolute Gasteiger partial charge is 0.0300 e. The van der Waals surface area contributed by atoms with E-state index in [-0.39, 0.29) is 0 Å². The number of hydrogen-bond donors (Lipinski definition) is 1. The largest absolute Gasteiger partial charge is 0.310 e. The summed E-state index contributed by atoms with van der Waals surface area (Å²) in [6.07, 6.45) is 9.20. The number of nitrogens with zero attached hydrogens (tertiary/aromatic N) is 1. The maximum atomic E-state index is 4.13. The average Bonchev–Trinajstić information content (AvgIpc) is 2.27. The van der Waals surface area contributed by atoms with Gasteiger partial charge in [-0.2, -0.15) is 0 Å². The number of aryl methyl sites for hydroxylation is 1. The van der Waals surface area contributed by atoms with E-state index in [0.717, 1.165) is 6.54 Å². The summed E-state index contributed by atoms with van der Waals surface area (Å²) in [5.41, 5.74) is 3.18. The van der Waals surface area contributed by atoms with Gasteiger partial charge in [0.1, 0.15) is 0 Å². The molecule has 1 aliphatic rings. The Labute approximate surface area is 105 Å². The molecule has 94 valence electrons. The number of pyridine rings is 1. The van der Waals surface area contributed by atoms with Crippen LogP contribution in [0.1, 0.15) is 50.7 Å². The van der Waals surface area contributed by atoms with Crippen molar-refractivity contribution in [2.45, 2.75) is 59.0 Å². The number of hydrogen-bond acceptors (Lipinski definition) is 2. The number of rotatable bonds is 3. The van der Waals surface area contributed by atoms with Crippen LogP contribution in [0.3, 0.4) is 0 Å². The van der Waals surface area contributed by atoms with Crippen molar-refractivity contribution in [1.82, 2.24) is 10.3 Å². The lowest BCUT2D eigenvalue weighted by Gasteiger charge is -2.35. The van der Waals surface area contributed by atoms with Crippen LogP contribution in [-0.4, -0.2) is 11.0 Å². The second kappa shape index (κ2) is 5.18. The molecule has 1 heterocycles. The Morgan fingerprint density at radius 1 is 1.47 bits per heavy atom. The van der Waals surface area contributed by atoms with Crippen molar-refractivity contribution in [3.8, 4) is 0 Å². The van der Waals surface area contributed by atoms with E-state index in [1.807, 2.05) is 12.4 Å². The summed E-state index contributed by atoms with van der Waals surface area (Å²) in [4.78, 5) is 4.13. The Hall–Kier alpha value is -0.890. The molecule has 1 atom stereocenters. The fourth-order valence-electron chi connectivity index (χ4n) is 2.83. The lowest BCUT2D eigenvalue weighted by molar-refractivity contribution is 0.197. The fourth-order valence-corrected chi connectivity index (χ4v) is 2.83. The van der Waals surface area contributed by atoms with Gasteiger partial charge in [-0.15, -0.1) is 0 Å². The van der Waals surface area contributed by atoms with Crippen molar-refractivity contribution in [3.05, 3.63) is 29.6 Å². The van der Waals surface area contributed by atoms with Crippen LogP contribution in [0.15, 0.2) is 18.5 Å². The van der Waals surface area contributed by atoms with E-state index in [1.54, 1.807) is 0 Å². The first kappa shape index (κ1) is 12.6. The van der Waals surface area contributed by atoms with E-state index < -0.39 is 0 Å². The topological polar surface area (TPSA) is 24.9 Å². The van der Waals surface area contributed by atoms with E-state index in [0.29, 0.717) is 11.5 Å². The Balaban J connectivity index is 1.88. The summed E-state index contributed by atoms with van der Waals surface area (Å²) < 4.78 is 0. The van der Waals surface area contributed by atoms with Crippen molar-refractivity contribution >= 4 is 0 Å². The highest BCUT2D eigenvalue weighted by atomic mass is 14.9. The first-order chi connectivity index (χ1) is 8.07. The van der Waals surface area contributed by atoms with Crippen molar-refractivity contribution in [2.24, 2.45) is 5.41 Å². The van der Waals surface area contributed by atoms with Crippen LogP contribution < -0.4 is 5.32 Å². The molecule has 2 rings (SSSR count). The molecule has 0 aliphatic heterocycles. The predicted octanol–water partition coefficient (Wildman–Crippen LogP) is 3.45. The summed E-state index contributed by atoms with van der Waals surface area (Å²) in [6.45, 7) is 7.89. The predicted molar refractivity (Wildman–Crippen MR) is 71.9 cm³/mol. The summed E-state index contributed by atoms with van der Waals surface area (Å²) in [6, 6.07) is 2.81. The van der Waals surface area contributed by atoms with Gasteiger partial charge in [-0.05, 0) is 48.8 Å². The van der Waals surface area contributed by atoms with Gasteiger partial charge in [0, 0.05) is 25.0 Å². The SMILES string of the molecule is Cc1cnccc1CNC1CCCC(C)(C)C1. The zero-order valence-electron chi connectivity index (χ0n) is 11.3. The van der Waals surface area contributed by atoms with Gasteiger partial charge in [-0.1, -0.05) is 20.3 Å². The molecule has 0 saturated heterocycles. The highest BCUT2D eigenvalue weighted by molar-refractivity contribution is 5.21. The van der Waals surface area contributed by atoms with Crippen molar-refractivity contribution in [3.63, 3.8) is 0 Å². The maximum Gasteiger partial charge on any atom is 0.0300 e. The molecule has 2 nitrogen and oxygen atoms in total. The lowest BCUT2D eigenvalue weighted by atomic mass is 9.75. The van der Waals surface area contributed by atoms with Gasteiger partial charge in [0.25, 0.3) is 0 Å². The summed E-state index contributed by atoms with van der Waals surface area (Å²) in [7, 11) is 0. The molecule has 1 aromatic rings. The third-order valence-corrected chi connectivity index (χ3v) is 3.92. The molecule has 0 bridgehead atoms. The third kappa shape index (κ3) is 3.53. The van der Waals surface area contributed by atoms with Crippen LogP contribution in [0.4, 0.5) is 0 Å². The summed E-state index contributed by atoms with van der Waals surface area (Å²) >= 11 is 0. The van der Waals surface area contributed by atoms with Crippen LogP contribution in [0.2, 0.25) is 0 Å².